The zero-order valence-electron chi connectivity index (χ0n) is 23.2. The van der Waals surface area contributed by atoms with Gasteiger partial charge in [0.1, 0.15) is 17.3 Å². The number of allylic oxidation sites excluding steroid dienone is 2. The number of rotatable bonds is 4. The van der Waals surface area contributed by atoms with Gasteiger partial charge in [-0.2, -0.15) is 0 Å². The van der Waals surface area contributed by atoms with Crippen LogP contribution in [0.1, 0.15) is 24.3 Å². The van der Waals surface area contributed by atoms with Crippen LogP contribution in [0.4, 0.5) is 15.8 Å². The van der Waals surface area contributed by atoms with Crippen LogP contribution >= 0.6 is 23.2 Å². The summed E-state index contributed by atoms with van der Waals surface area (Å²) >= 11 is 14.6. The van der Waals surface area contributed by atoms with E-state index < -0.39 is 57.0 Å². The summed E-state index contributed by atoms with van der Waals surface area (Å²) in [5.74, 6) is -6.48. The minimum absolute atomic E-state index is 0.0748. The Balaban J connectivity index is 1.41. The van der Waals surface area contributed by atoms with Crippen molar-refractivity contribution in [1.82, 2.24) is 0 Å². The van der Waals surface area contributed by atoms with Crippen molar-refractivity contribution in [3.63, 3.8) is 0 Å². The molecule has 2 heterocycles. The second kappa shape index (κ2) is 9.90. The van der Waals surface area contributed by atoms with E-state index in [1.165, 1.54) is 30.2 Å². The van der Waals surface area contributed by atoms with Crippen LogP contribution in [0.2, 0.25) is 0 Å². The number of hydrogen-bond donors (Lipinski definition) is 1. The number of alkyl halides is 2. The third-order valence-electron chi connectivity index (χ3n) is 9.46. The van der Waals surface area contributed by atoms with Crippen molar-refractivity contribution in [2.45, 2.75) is 28.5 Å². The van der Waals surface area contributed by atoms with Gasteiger partial charge >= 0.3 is 0 Å². The number of hydrogen-bond acceptors (Lipinski definition) is 6. The Morgan fingerprint density at radius 3 is 2.20 bits per heavy atom. The molecule has 6 unspecified atom stereocenters. The molecule has 8 nitrogen and oxygen atoms in total. The zero-order chi connectivity index (χ0) is 31.1. The lowest BCUT2D eigenvalue weighted by Crippen LogP contribution is -2.60. The highest BCUT2D eigenvalue weighted by Crippen LogP contribution is 2.66. The minimum atomic E-state index is -2.15. The molecule has 2 aliphatic heterocycles. The van der Waals surface area contributed by atoms with E-state index in [-0.39, 0.29) is 35.7 Å². The number of halogens is 3. The van der Waals surface area contributed by atoms with Crippen molar-refractivity contribution >= 4 is 58.2 Å². The van der Waals surface area contributed by atoms with Crippen molar-refractivity contribution < 1.29 is 33.4 Å². The van der Waals surface area contributed by atoms with Gasteiger partial charge in [-0.1, -0.05) is 35.9 Å². The summed E-state index contributed by atoms with van der Waals surface area (Å²) in [4.78, 5) is 54.1. The van der Waals surface area contributed by atoms with E-state index in [4.69, 9.17) is 27.9 Å². The minimum Gasteiger partial charge on any atom is -0.508 e. The first-order chi connectivity index (χ1) is 21.0. The molecule has 2 saturated heterocycles. The topological polar surface area (TPSA) is 104 Å². The zero-order valence-corrected chi connectivity index (χ0v) is 24.8. The number of phenolic OH excluding ortho intramolecular Hbond substituents is 1. The molecule has 7 rings (SSSR count). The Labute approximate surface area is 261 Å². The molecule has 0 bridgehead atoms. The second-order valence-corrected chi connectivity index (χ2v) is 12.8. The van der Waals surface area contributed by atoms with Crippen LogP contribution in [0.15, 0.2) is 84.4 Å². The molecule has 6 atom stereocenters. The molecule has 224 valence electrons. The number of aromatic hydroxyl groups is 1. The number of carbonyl (C=O) groups excluding carboxylic acids is 4. The molecular weight excluding hydrogens is 610 g/mol. The number of carbonyl (C=O) groups is 4. The quantitative estimate of drug-likeness (QED) is 0.237. The molecule has 3 aromatic rings. The van der Waals surface area contributed by atoms with E-state index in [1.54, 1.807) is 48.5 Å². The van der Waals surface area contributed by atoms with Gasteiger partial charge in [-0.15, -0.1) is 23.2 Å². The van der Waals surface area contributed by atoms with Gasteiger partial charge in [0.25, 0.3) is 11.8 Å². The van der Waals surface area contributed by atoms with Gasteiger partial charge in [-0.25, -0.2) is 9.29 Å². The van der Waals surface area contributed by atoms with Crippen molar-refractivity contribution in [2.75, 3.05) is 16.9 Å². The fourth-order valence-corrected chi connectivity index (χ4v) is 8.40. The standard InChI is InChI=1S/C33H25Cl2FN2O6/c1-44-20-11-12-22(25(39)15-20)27-21-13-14-23-26(29(41)37(28(23)40)18-5-3-2-4-6-18)24(21)16-32(34)30(42)38(31(43)33(27,32)35)19-9-7-17(36)8-10-19/h2-13,15,23-24,26-27,39H,14,16H2,1H3. The molecule has 3 fully saturated rings. The lowest BCUT2D eigenvalue weighted by molar-refractivity contribution is -0.125. The van der Waals surface area contributed by atoms with E-state index in [0.29, 0.717) is 17.0 Å². The summed E-state index contributed by atoms with van der Waals surface area (Å²) in [6.07, 6.45) is 1.75. The Morgan fingerprint density at radius 2 is 1.55 bits per heavy atom. The van der Waals surface area contributed by atoms with Gasteiger partial charge in [0, 0.05) is 17.5 Å². The molecular formula is C33H25Cl2FN2O6. The van der Waals surface area contributed by atoms with Crippen LogP contribution in [-0.2, 0) is 19.2 Å². The number of para-hydroxylation sites is 1. The monoisotopic (exact) mass is 634 g/mol. The molecule has 0 spiro atoms. The number of imide groups is 2. The van der Waals surface area contributed by atoms with Crippen LogP contribution in [0, 0.1) is 23.6 Å². The highest BCUT2D eigenvalue weighted by atomic mass is 35.5. The largest absolute Gasteiger partial charge is 0.508 e. The summed E-state index contributed by atoms with van der Waals surface area (Å²) < 4.78 is 19.1. The molecule has 4 amide bonds. The average Bonchev–Trinajstić information content (AvgIpc) is 3.36. The number of nitrogens with zero attached hydrogens (tertiary/aromatic N) is 2. The number of phenols is 1. The number of anilines is 2. The number of ether oxygens (including phenoxy) is 1. The first kappa shape index (κ1) is 28.6. The van der Waals surface area contributed by atoms with Gasteiger partial charge < -0.3 is 9.84 Å². The maximum Gasteiger partial charge on any atom is 0.258 e. The molecule has 44 heavy (non-hydrogen) atoms. The third-order valence-corrected chi connectivity index (χ3v) is 10.9. The Bertz CT molecular complexity index is 1780. The fourth-order valence-electron chi connectivity index (χ4n) is 7.47. The maximum atomic E-state index is 14.4. The summed E-state index contributed by atoms with van der Waals surface area (Å²) in [6.45, 7) is 0. The first-order valence-corrected chi connectivity index (χ1v) is 14.8. The van der Waals surface area contributed by atoms with Gasteiger partial charge in [-0.05, 0) is 61.2 Å². The predicted octanol–water partition coefficient (Wildman–Crippen LogP) is 5.31. The molecule has 3 aromatic carbocycles. The van der Waals surface area contributed by atoms with Crippen LogP contribution < -0.4 is 14.5 Å². The SMILES string of the molecule is COc1ccc(C2C3=CCC4C(=O)N(c5ccccc5)C(=O)C4C3CC3(Cl)C(=O)N(c4ccc(F)cc4)C(=O)C23Cl)c(O)c1. The van der Waals surface area contributed by atoms with E-state index in [0.717, 1.165) is 17.0 Å². The van der Waals surface area contributed by atoms with Crippen LogP contribution in [0.25, 0.3) is 0 Å². The lowest BCUT2D eigenvalue weighted by Gasteiger charge is -2.50. The lowest BCUT2D eigenvalue weighted by atomic mass is 9.56. The van der Waals surface area contributed by atoms with Crippen molar-refractivity contribution in [2.24, 2.45) is 17.8 Å². The third kappa shape index (κ3) is 3.69. The van der Waals surface area contributed by atoms with E-state index in [9.17, 15) is 28.7 Å². The van der Waals surface area contributed by atoms with E-state index >= 15 is 0 Å². The molecule has 1 N–H and O–H groups in total. The fraction of sp³-hybridized carbons (Fsp3) is 0.273. The molecule has 11 heteroatoms. The molecule has 1 saturated carbocycles. The van der Waals surface area contributed by atoms with Gasteiger partial charge in [0.2, 0.25) is 11.8 Å². The summed E-state index contributed by atoms with van der Waals surface area (Å²) in [7, 11) is 1.43. The van der Waals surface area contributed by atoms with E-state index in [2.05, 4.69) is 0 Å². The maximum absolute atomic E-state index is 14.4. The Kier molecular flexibility index (Phi) is 6.43. The molecule has 0 aromatic heterocycles. The van der Waals surface area contributed by atoms with Crippen molar-refractivity contribution in [3.8, 4) is 11.5 Å². The smallest absolute Gasteiger partial charge is 0.258 e. The highest BCUT2D eigenvalue weighted by Gasteiger charge is 2.77. The van der Waals surface area contributed by atoms with Gasteiger partial charge in [0.15, 0.2) is 9.75 Å². The average molecular weight is 635 g/mol. The van der Waals surface area contributed by atoms with Crippen LogP contribution in [-0.4, -0.2) is 45.6 Å². The Morgan fingerprint density at radius 1 is 0.864 bits per heavy atom. The highest BCUT2D eigenvalue weighted by molar-refractivity contribution is 6.58. The Hall–Kier alpha value is -4.21. The first-order valence-electron chi connectivity index (χ1n) is 14.0. The van der Waals surface area contributed by atoms with Crippen molar-refractivity contribution in [1.29, 1.82) is 0 Å². The number of amides is 4. The second-order valence-electron chi connectivity index (χ2n) is 11.5. The van der Waals surface area contributed by atoms with Crippen LogP contribution in [0.3, 0.4) is 0 Å². The van der Waals surface area contributed by atoms with E-state index in [1.807, 2.05) is 0 Å². The number of fused-ring (bicyclic) bond motifs is 4. The molecule has 4 aliphatic rings. The van der Waals surface area contributed by atoms with Crippen LogP contribution in [0.5, 0.6) is 11.5 Å². The number of methoxy groups -OCH3 is 1. The molecule has 0 radical (unpaired) electrons. The summed E-state index contributed by atoms with van der Waals surface area (Å²) in [6, 6.07) is 17.9. The summed E-state index contributed by atoms with van der Waals surface area (Å²) in [5.41, 5.74) is 1.25. The summed E-state index contributed by atoms with van der Waals surface area (Å²) in [5, 5.41) is 11.2. The normalized spacial score (nSPS) is 31.0. The predicted molar refractivity (Wildman–Crippen MR) is 160 cm³/mol. The van der Waals surface area contributed by atoms with Crippen molar-refractivity contribution in [3.05, 3.63) is 95.8 Å². The van der Waals surface area contributed by atoms with Gasteiger partial charge in [-0.3, -0.25) is 24.1 Å². The molecule has 2 aliphatic carbocycles. The number of benzene rings is 3. The van der Waals surface area contributed by atoms with Gasteiger partial charge in [0.05, 0.1) is 30.3 Å².